The van der Waals surface area contributed by atoms with E-state index in [4.69, 9.17) is 0 Å². The lowest BCUT2D eigenvalue weighted by Gasteiger charge is -2.15. The molecule has 0 aromatic heterocycles. The predicted molar refractivity (Wildman–Crippen MR) is 57.5 cm³/mol. The quantitative estimate of drug-likeness (QED) is 0.715. The zero-order valence-corrected chi connectivity index (χ0v) is 8.60. The normalized spacial score (nSPS) is 10.4. The van der Waals surface area contributed by atoms with Crippen molar-refractivity contribution in [3.63, 3.8) is 0 Å². The summed E-state index contributed by atoms with van der Waals surface area (Å²) in [5.74, 6) is 0.0620. The van der Waals surface area contributed by atoms with Crippen LogP contribution in [0, 0.1) is 0 Å². The molecule has 0 heterocycles. The van der Waals surface area contributed by atoms with Crippen molar-refractivity contribution < 1.29 is 4.79 Å². The monoisotopic (exact) mass is 189 g/mol. The first-order valence-electron chi connectivity index (χ1n) is 4.68. The number of nitrogens with zero attached hydrogens (tertiary/aromatic N) is 1. The summed E-state index contributed by atoms with van der Waals surface area (Å²) < 4.78 is 0. The zero-order valence-electron chi connectivity index (χ0n) is 8.60. The Kier molecular flexibility index (Phi) is 3.92. The third kappa shape index (κ3) is 3.05. The number of allylic oxidation sites excluding steroid dienone is 1. The highest BCUT2D eigenvalue weighted by atomic mass is 16.2. The van der Waals surface area contributed by atoms with Gasteiger partial charge in [0.15, 0.2) is 0 Å². The first-order valence-corrected chi connectivity index (χ1v) is 4.68. The summed E-state index contributed by atoms with van der Waals surface area (Å²) >= 11 is 0. The number of hydrogen-bond acceptors (Lipinski definition) is 1. The molecule has 0 saturated heterocycles. The molecule has 1 rings (SSSR count). The average Bonchev–Trinajstić information content (AvgIpc) is 2.18. The molecule has 0 unspecified atom stereocenters. The van der Waals surface area contributed by atoms with Gasteiger partial charge >= 0.3 is 0 Å². The minimum atomic E-state index is 0.0620. The molecule has 0 fully saturated rings. The maximum Gasteiger partial charge on any atom is 0.223 e. The van der Waals surface area contributed by atoms with Crippen LogP contribution in [0.3, 0.4) is 0 Å². The second-order valence-electron chi connectivity index (χ2n) is 3.11. The SMILES string of the molecule is CC=CN(Cc1ccccc1)C(C)=O. The van der Waals surface area contributed by atoms with Crippen molar-refractivity contribution in [3.05, 3.63) is 48.2 Å². The summed E-state index contributed by atoms with van der Waals surface area (Å²) in [6, 6.07) is 9.95. The van der Waals surface area contributed by atoms with E-state index in [-0.39, 0.29) is 5.91 Å². The Bertz CT molecular complexity index is 316. The lowest BCUT2D eigenvalue weighted by atomic mass is 10.2. The van der Waals surface area contributed by atoms with Crippen LogP contribution in [0.2, 0.25) is 0 Å². The molecule has 1 aromatic rings. The number of carbonyl (C=O) groups excluding carboxylic acids is 1. The molecule has 2 nitrogen and oxygen atoms in total. The molecule has 0 aliphatic rings. The topological polar surface area (TPSA) is 20.3 Å². The number of carbonyl (C=O) groups is 1. The Labute approximate surface area is 84.9 Å². The van der Waals surface area contributed by atoms with Crippen molar-refractivity contribution in [3.8, 4) is 0 Å². The van der Waals surface area contributed by atoms with Crippen LogP contribution in [-0.2, 0) is 11.3 Å². The van der Waals surface area contributed by atoms with Gasteiger partial charge in [-0.1, -0.05) is 36.4 Å². The minimum Gasteiger partial charge on any atom is -0.315 e. The minimum absolute atomic E-state index is 0.0620. The molecule has 0 radical (unpaired) electrons. The van der Waals surface area contributed by atoms with Crippen LogP contribution in [0.4, 0.5) is 0 Å². The van der Waals surface area contributed by atoms with Gasteiger partial charge in [-0.25, -0.2) is 0 Å². The van der Waals surface area contributed by atoms with E-state index in [1.54, 1.807) is 18.0 Å². The van der Waals surface area contributed by atoms with E-state index in [1.807, 2.05) is 43.3 Å². The largest absolute Gasteiger partial charge is 0.315 e. The van der Waals surface area contributed by atoms with E-state index in [0.29, 0.717) is 6.54 Å². The van der Waals surface area contributed by atoms with Crippen molar-refractivity contribution >= 4 is 5.91 Å². The van der Waals surface area contributed by atoms with Gasteiger partial charge in [-0.15, -0.1) is 0 Å². The molecule has 0 N–H and O–H groups in total. The van der Waals surface area contributed by atoms with Crippen LogP contribution in [0.25, 0.3) is 0 Å². The fourth-order valence-corrected chi connectivity index (χ4v) is 1.23. The Morgan fingerprint density at radius 2 is 2.00 bits per heavy atom. The van der Waals surface area contributed by atoms with Gasteiger partial charge in [0.25, 0.3) is 0 Å². The summed E-state index contributed by atoms with van der Waals surface area (Å²) in [6.45, 7) is 4.12. The third-order valence-corrected chi connectivity index (χ3v) is 1.93. The van der Waals surface area contributed by atoms with Gasteiger partial charge in [0.2, 0.25) is 5.91 Å². The first-order chi connectivity index (χ1) is 6.74. The highest BCUT2D eigenvalue weighted by molar-refractivity contribution is 5.74. The van der Waals surface area contributed by atoms with Gasteiger partial charge in [-0.05, 0) is 12.5 Å². The van der Waals surface area contributed by atoms with E-state index in [1.165, 1.54) is 0 Å². The smallest absolute Gasteiger partial charge is 0.223 e. The molecule has 0 bridgehead atoms. The predicted octanol–water partition coefficient (Wildman–Crippen LogP) is 2.57. The van der Waals surface area contributed by atoms with Crippen LogP contribution in [-0.4, -0.2) is 10.8 Å². The number of rotatable bonds is 3. The van der Waals surface area contributed by atoms with E-state index < -0.39 is 0 Å². The number of hydrogen-bond donors (Lipinski definition) is 0. The van der Waals surface area contributed by atoms with Crippen molar-refractivity contribution in [1.82, 2.24) is 4.90 Å². The molecule has 0 aliphatic heterocycles. The molecule has 74 valence electrons. The molecule has 0 aliphatic carbocycles. The second kappa shape index (κ2) is 5.22. The van der Waals surface area contributed by atoms with Crippen molar-refractivity contribution in [2.45, 2.75) is 20.4 Å². The molecular weight excluding hydrogens is 174 g/mol. The number of benzene rings is 1. The van der Waals surface area contributed by atoms with E-state index in [9.17, 15) is 4.79 Å². The molecule has 14 heavy (non-hydrogen) atoms. The molecule has 0 spiro atoms. The maximum atomic E-state index is 11.2. The molecule has 0 atom stereocenters. The summed E-state index contributed by atoms with van der Waals surface area (Å²) in [5.41, 5.74) is 1.14. The standard InChI is InChI=1S/C12H15NO/c1-3-9-13(11(2)14)10-12-7-5-4-6-8-12/h3-9H,10H2,1-2H3. The third-order valence-electron chi connectivity index (χ3n) is 1.93. The van der Waals surface area contributed by atoms with Crippen LogP contribution in [0.15, 0.2) is 42.6 Å². The van der Waals surface area contributed by atoms with Crippen LogP contribution in [0.1, 0.15) is 19.4 Å². The zero-order chi connectivity index (χ0) is 10.4. The molecular formula is C12H15NO. The number of amides is 1. The lowest BCUT2D eigenvalue weighted by molar-refractivity contribution is -0.126. The second-order valence-corrected chi connectivity index (χ2v) is 3.11. The van der Waals surface area contributed by atoms with Crippen LogP contribution in [0.5, 0.6) is 0 Å². The molecule has 1 aromatic carbocycles. The summed E-state index contributed by atoms with van der Waals surface area (Å²) in [6.07, 6.45) is 3.67. The highest BCUT2D eigenvalue weighted by Crippen LogP contribution is 2.04. The molecule has 1 amide bonds. The lowest BCUT2D eigenvalue weighted by Crippen LogP contribution is -2.21. The van der Waals surface area contributed by atoms with E-state index in [2.05, 4.69) is 0 Å². The Morgan fingerprint density at radius 3 is 2.50 bits per heavy atom. The fourth-order valence-electron chi connectivity index (χ4n) is 1.23. The van der Waals surface area contributed by atoms with Gasteiger partial charge in [-0.3, -0.25) is 4.79 Å². The van der Waals surface area contributed by atoms with Gasteiger partial charge in [-0.2, -0.15) is 0 Å². The fraction of sp³-hybridized carbons (Fsp3) is 0.250. The molecule has 0 saturated carbocycles. The molecule has 2 heteroatoms. The van der Waals surface area contributed by atoms with Crippen molar-refractivity contribution in [2.75, 3.05) is 0 Å². The maximum absolute atomic E-state index is 11.2. The van der Waals surface area contributed by atoms with Gasteiger partial charge in [0, 0.05) is 13.1 Å². The Morgan fingerprint density at radius 1 is 1.36 bits per heavy atom. The van der Waals surface area contributed by atoms with Crippen LogP contribution >= 0.6 is 0 Å². The summed E-state index contributed by atoms with van der Waals surface area (Å²) in [7, 11) is 0. The van der Waals surface area contributed by atoms with E-state index >= 15 is 0 Å². The Balaban J connectivity index is 2.70. The Hall–Kier alpha value is -1.57. The van der Waals surface area contributed by atoms with Gasteiger partial charge in [0.1, 0.15) is 0 Å². The first kappa shape index (κ1) is 10.5. The van der Waals surface area contributed by atoms with Gasteiger partial charge in [0.05, 0.1) is 6.54 Å². The van der Waals surface area contributed by atoms with Crippen molar-refractivity contribution in [1.29, 1.82) is 0 Å². The van der Waals surface area contributed by atoms with Gasteiger partial charge < -0.3 is 4.90 Å². The van der Waals surface area contributed by atoms with Crippen LogP contribution < -0.4 is 0 Å². The summed E-state index contributed by atoms with van der Waals surface area (Å²) in [4.78, 5) is 12.9. The van der Waals surface area contributed by atoms with Crippen molar-refractivity contribution in [2.24, 2.45) is 0 Å². The van der Waals surface area contributed by atoms with E-state index in [0.717, 1.165) is 5.56 Å². The highest BCUT2D eigenvalue weighted by Gasteiger charge is 2.04. The average molecular weight is 189 g/mol. The summed E-state index contributed by atoms with van der Waals surface area (Å²) in [5, 5.41) is 0.